The molecule has 0 saturated heterocycles. The zero-order valence-corrected chi connectivity index (χ0v) is 14.5. The van der Waals surface area contributed by atoms with Gasteiger partial charge in [0.05, 0.1) is 18.8 Å². The predicted octanol–water partition coefficient (Wildman–Crippen LogP) is 1.85. The molecule has 0 aromatic heterocycles. The Bertz CT molecular complexity index is 313. The summed E-state index contributed by atoms with van der Waals surface area (Å²) in [5.74, 6) is -0.261. The first-order valence-electron chi connectivity index (χ1n) is 8.27. The van der Waals surface area contributed by atoms with Crippen molar-refractivity contribution < 1.29 is 19.8 Å². The number of aliphatic hydroxyl groups excluding tert-OH is 2. The molecule has 0 spiro atoms. The van der Waals surface area contributed by atoms with E-state index in [1.54, 1.807) is 0 Å². The van der Waals surface area contributed by atoms with E-state index in [1.165, 1.54) is 25.7 Å². The highest BCUT2D eigenvalue weighted by Gasteiger charge is 2.21. The summed E-state index contributed by atoms with van der Waals surface area (Å²) >= 11 is 4.06. The maximum atomic E-state index is 11.8. The van der Waals surface area contributed by atoms with E-state index in [0.29, 0.717) is 6.42 Å². The van der Waals surface area contributed by atoms with Gasteiger partial charge in [-0.05, 0) is 6.42 Å². The molecule has 0 saturated carbocycles. The van der Waals surface area contributed by atoms with Gasteiger partial charge in [0.1, 0.15) is 0 Å². The number of ketones is 1. The summed E-state index contributed by atoms with van der Waals surface area (Å²) in [6.07, 6.45) is 7.13. The largest absolute Gasteiger partial charge is 0.394 e. The topological polar surface area (TPSA) is 86.6 Å². The van der Waals surface area contributed by atoms with Crippen molar-refractivity contribution in [3.05, 3.63) is 0 Å². The molecule has 0 aliphatic rings. The van der Waals surface area contributed by atoms with Crippen LogP contribution in [0.3, 0.4) is 0 Å². The van der Waals surface area contributed by atoms with Crippen molar-refractivity contribution in [2.24, 2.45) is 0 Å². The van der Waals surface area contributed by atoms with Crippen molar-refractivity contribution >= 4 is 24.3 Å². The van der Waals surface area contributed by atoms with Crippen LogP contribution < -0.4 is 5.32 Å². The Morgan fingerprint density at radius 3 is 2.23 bits per heavy atom. The first-order valence-corrected chi connectivity index (χ1v) is 8.90. The highest BCUT2D eigenvalue weighted by atomic mass is 32.1. The molecule has 5 nitrogen and oxygen atoms in total. The lowest BCUT2D eigenvalue weighted by molar-refractivity contribution is -0.128. The molecule has 0 aliphatic carbocycles. The fraction of sp³-hybridized carbons (Fsp3) is 0.875. The Morgan fingerprint density at radius 1 is 1.09 bits per heavy atom. The Morgan fingerprint density at radius 2 is 1.68 bits per heavy atom. The van der Waals surface area contributed by atoms with Crippen LogP contribution in [0.5, 0.6) is 0 Å². The van der Waals surface area contributed by atoms with Gasteiger partial charge in [-0.15, -0.1) is 0 Å². The van der Waals surface area contributed by atoms with Gasteiger partial charge in [-0.2, -0.15) is 12.6 Å². The average Bonchev–Trinajstić information content (AvgIpc) is 2.51. The normalized spacial score (nSPS) is 13.6. The molecule has 1 amide bonds. The molecule has 0 bridgehead atoms. The molecule has 0 rings (SSSR count). The lowest BCUT2D eigenvalue weighted by Gasteiger charge is -2.16. The maximum absolute atomic E-state index is 11.8. The van der Waals surface area contributed by atoms with Crippen LogP contribution in [0.4, 0.5) is 0 Å². The molecular weight excluding hydrogens is 302 g/mol. The van der Waals surface area contributed by atoms with Crippen molar-refractivity contribution in [3.63, 3.8) is 0 Å². The summed E-state index contributed by atoms with van der Waals surface area (Å²) in [4.78, 5) is 23.6. The minimum Gasteiger partial charge on any atom is -0.394 e. The van der Waals surface area contributed by atoms with E-state index < -0.39 is 18.8 Å². The van der Waals surface area contributed by atoms with E-state index in [9.17, 15) is 14.7 Å². The van der Waals surface area contributed by atoms with E-state index in [4.69, 9.17) is 5.11 Å². The van der Waals surface area contributed by atoms with Crippen LogP contribution in [-0.4, -0.2) is 46.4 Å². The van der Waals surface area contributed by atoms with Crippen LogP contribution in [0.25, 0.3) is 0 Å². The number of carbonyl (C=O) groups excluding carboxylic acids is 2. The molecule has 22 heavy (non-hydrogen) atoms. The Kier molecular flexibility index (Phi) is 13.7. The minimum atomic E-state index is -1.07. The van der Waals surface area contributed by atoms with Gasteiger partial charge in [-0.25, -0.2) is 0 Å². The zero-order valence-electron chi connectivity index (χ0n) is 13.6. The standard InChI is InChI=1S/C16H31NO4S/c1-2-3-4-5-6-7-8-9-16(21)17-14(12-22)15(20)10-13(19)11-18/h13-14,18-19,22H,2-12H2,1H3,(H,17,21)/t13-,14-/m1/s1. The van der Waals surface area contributed by atoms with Crippen molar-refractivity contribution in [1.29, 1.82) is 0 Å². The first-order chi connectivity index (χ1) is 10.5. The van der Waals surface area contributed by atoms with E-state index in [-0.39, 0.29) is 23.9 Å². The number of amides is 1. The molecule has 0 heterocycles. The second-order valence-corrected chi connectivity index (χ2v) is 6.05. The lowest BCUT2D eigenvalue weighted by atomic mass is 10.1. The molecule has 2 atom stereocenters. The number of thiol groups is 1. The first kappa shape index (κ1) is 21.4. The van der Waals surface area contributed by atoms with E-state index in [2.05, 4.69) is 24.9 Å². The monoisotopic (exact) mass is 333 g/mol. The second kappa shape index (κ2) is 14.0. The molecule has 0 fully saturated rings. The van der Waals surface area contributed by atoms with Gasteiger partial charge in [0.2, 0.25) is 5.91 Å². The number of Topliss-reactive ketones (excluding diaryl/α,β-unsaturated/α-hetero) is 1. The summed E-state index contributed by atoms with van der Waals surface area (Å²) in [6, 6.07) is -0.693. The van der Waals surface area contributed by atoms with Crippen LogP contribution in [0, 0.1) is 0 Å². The van der Waals surface area contributed by atoms with Gasteiger partial charge < -0.3 is 15.5 Å². The van der Waals surface area contributed by atoms with Crippen molar-refractivity contribution in [2.75, 3.05) is 12.4 Å². The quantitative estimate of drug-likeness (QED) is 0.289. The summed E-state index contributed by atoms with van der Waals surface area (Å²) in [7, 11) is 0. The SMILES string of the molecule is CCCCCCCCCC(=O)N[C@H](CS)C(=O)C[C@@H](O)CO. The molecule has 0 unspecified atom stereocenters. The highest BCUT2D eigenvalue weighted by Crippen LogP contribution is 2.08. The molecular formula is C16H31NO4S. The van der Waals surface area contributed by atoms with Gasteiger partial charge in [0.25, 0.3) is 0 Å². The van der Waals surface area contributed by atoms with Crippen LogP contribution >= 0.6 is 12.6 Å². The van der Waals surface area contributed by atoms with Crippen LogP contribution in [-0.2, 0) is 9.59 Å². The van der Waals surface area contributed by atoms with Gasteiger partial charge in [-0.3, -0.25) is 9.59 Å². The van der Waals surface area contributed by atoms with Crippen molar-refractivity contribution in [2.45, 2.75) is 76.9 Å². The predicted molar refractivity (Wildman–Crippen MR) is 91.1 cm³/mol. The number of unbranched alkanes of at least 4 members (excludes halogenated alkanes) is 6. The number of rotatable bonds is 14. The maximum Gasteiger partial charge on any atom is 0.220 e. The van der Waals surface area contributed by atoms with Crippen molar-refractivity contribution in [1.82, 2.24) is 5.32 Å². The van der Waals surface area contributed by atoms with Crippen LogP contribution in [0.2, 0.25) is 0 Å². The van der Waals surface area contributed by atoms with Crippen LogP contribution in [0.15, 0.2) is 0 Å². The molecule has 3 N–H and O–H groups in total. The number of hydrogen-bond donors (Lipinski definition) is 4. The Balaban J connectivity index is 3.84. The number of hydrogen-bond acceptors (Lipinski definition) is 5. The molecule has 0 radical (unpaired) electrons. The average molecular weight is 333 g/mol. The van der Waals surface area contributed by atoms with E-state index in [0.717, 1.165) is 19.3 Å². The molecule has 130 valence electrons. The lowest BCUT2D eigenvalue weighted by Crippen LogP contribution is -2.43. The summed E-state index contributed by atoms with van der Waals surface area (Å²) < 4.78 is 0. The number of nitrogens with one attached hydrogen (secondary N) is 1. The van der Waals surface area contributed by atoms with E-state index >= 15 is 0 Å². The van der Waals surface area contributed by atoms with Gasteiger partial charge in [0, 0.05) is 18.6 Å². The van der Waals surface area contributed by atoms with Gasteiger partial charge in [0.15, 0.2) is 5.78 Å². The third-order valence-electron chi connectivity index (χ3n) is 3.56. The second-order valence-electron chi connectivity index (χ2n) is 5.68. The van der Waals surface area contributed by atoms with Gasteiger partial charge >= 0.3 is 0 Å². The van der Waals surface area contributed by atoms with Gasteiger partial charge in [-0.1, -0.05) is 45.4 Å². The fourth-order valence-electron chi connectivity index (χ4n) is 2.18. The Hall–Kier alpha value is -0.590. The highest BCUT2D eigenvalue weighted by molar-refractivity contribution is 7.80. The molecule has 6 heteroatoms. The van der Waals surface area contributed by atoms with E-state index in [1.807, 2.05) is 0 Å². The van der Waals surface area contributed by atoms with Crippen molar-refractivity contribution in [3.8, 4) is 0 Å². The Labute approximate surface area is 139 Å². The summed E-state index contributed by atoms with van der Waals surface area (Å²) in [5.41, 5.74) is 0. The smallest absolute Gasteiger partial charge is 0.220 e. The summed E-state index contributed by atoms with van der Waals surface area (Å²) in [5, 5.41) is 20.6. The molecule has 0 aromatic rings. The zero-order chi connectivity index (χ0) is 16.8. The summed E-state index contributed by atoms with van der Waals surface area (Å²) in [6.45, 7) is 1.72. The molecule has 0 aliphatic heterocycles. The fourth-order valence-corrected chi connectivity index (χ4v) is 2.47. The third-order valence-corrected chi connectivity index (χ3v) is 3.93. The minimum absolute atomic E-state index is 0.153. The number of aliphatic hydroxyl groups is 2. The molecule has 0 aromatic carbocycles. The third kappa shape index (κ3) is 11.0. The number of carbonyl (C=O) groups is 2. The van der Waals surface area contributed by atoms with Crippen LogP contribution in [0.1, 0.15) is 64.7 Å².